The van der Waals surface area contributed by atoms with Crippen LogP contribution in [0.2, 0.25) is 0 Å². The number of amides is 1. The lowest BCUT2D eigenvalue weighted by Crippen LogP contribution is -2.24. The van der Waals surface area contributed by atoms with Crippen LogP contribution in [0, 0.1) is 0 Å². The van der Waals surface area contributed by atoms with Crippen LogP contribution < -0.4 is 5.32 Å². The van der Waals surface area contributed by atoms with Crippen molar-refractivity contribution in [2.24, 2.45) is 0 Å². The van der Waals surface area contributed by atoms with Gasteiger partial charge >= 0.3 is 16.4 Å². The Hall–Kier alpha value is -2.00. The quantitative estimate of drug-likeness (QED) is 0.480. The molecule has 0 aliphatic rings. The Morgan fingerprint density at radius 2 is 1.96 bits per heavy atom. The molecule has 0 aliphatic carbocycles. The van der Waals surface area contributed by atoms with Gasteiger partial charge in [-0.1, -0.05) is 12.5 Å². The number of aromatic nitrogens is 1. The molecular formula is C14H20N2O6S. The smallest absolute Gasteiger partial charge is 0.356 e. The maximum atomic E-state index is 11.6. The molecule has 128 valence electrons. The molecule has 2 N–H and O–H groups in total. The van der Waals surface area contributed by atoms with Crippen LogP contribution in [0.25, 0.3) is 0 Å². The number of pyridine rings is 1. The first kappa shape index (κ1) is 19.0. The lowest BCUT2D eigenvalue weighted by atomic mass is 10.2. The van der Waals surface area contributed by atoms with Crippen molar-refractivity contribution in [3.8, 4) is 0 Å². The van der Waals surface area contributed by atoms with Crippen LogP contribution in [0.1, 0.15) is 37.8 Å². The zero-order valence-corrected chi connectivity index (χ0v) is 13.4. The van der Waals surface area contributed by atoms with Crippen molar-refractivity contribution < 1.29 is 26.7 Å². The van der Waals surface area contributed by atoms with E-state index in [1.807, 2.05) is 18.2 Å². The van der Waals surface area contributed by atoms with Crippen molar-refractivity contribution in [3.05, 3.63) is 30.1 Å². The molecule has 8 nitrogen and oxygen atoms in total. The molecule has 23 heavy (non-hydrogen) atoms. The monoisotopic (exact) mass is 344 g/mol. The highest BCUT2D eigenvalue weighted by Gasteiger charge is 2.12. The first-order valence-electron chi connectivity index (χ1n) is 7.23. The average molecular weight is 344 g/mol. The fraction of sp³-hybridized carbons (Fsp3) is 0.500. The normalized spacial score (nSPS) is 11.0. The molecule has 0 aromatic carbocycles. The van der Waals surface area contributed by atoms with E-state index >= 15 is 0 Å². The van der Waals surface area contributed by atoms with Gasteiger partial charge in [-0.2, -0.15) is 8.42 Å². The Balaban J connectivity index is 2.02. The van der Waals surface area contributed by atoms with E-state index in [0.717, 1.165) is 5.69 Å². The minimum atomic E-state index is -4.72. The molecule has 1 amide bonds. The Labute approximate surface area is 135 Å². The number of rotatable bonds is 10. The van der Waals surface area contributed by atoms with Gasteiger partial charge in [-0.3, -0.25) is 19.1 Å². The van der Waals surface area contributed by atoms with Crippen LogP contribution in [0.3, 0.4) is 0 Å². The van der Waals surface area contributed by atoms with Crippen LogP contribution in [-0.4, -0.2) is 36.4 Å². The second-order valence-corrected chi connectivity index (χ2v) is 5.89. The molecule has 1 aromatic rings. The van der Waals surface area contributed by atoms with Crippen LogP contribution in [0.4, 0.5) is 0 Å². The molecule has 1 aromatic heterocycles. The van der Waals surface area contributed by atoms with E-state index in [0.29, 0.717) is 38.6 Å². The predicted octanol–water partition coefficient (Wildman–Crippen LogP) is 1.04. The Bertz CT molecular complexity index is 603. The van der Waals surface area contributed by atoms with Crippen LogP contribution in [0.5, 0.6) is 0 Å². The highest BCUT2D eigenvalue weighted by molar-refractivity contribution is 7.81. The number of carbonyl (C=O) groups excluding carboxylic acids is 2. The van der Waals surface area contributed by atoms with E-state index in [-0.39, 0.29) is 12.3 Å². The van der Waals surface area contributed by atoms with Gasteiger partial charge in [0.25, 0.3) is 0 Å². The molecule has 0 atom stereocenters. The average Bonchev–Trinajstić information content (AvgIpc) is 2.48. The molecule has 0 fully saturated rings. The van der Waals surface area contributed by atoms with Crippen molar-refractivity contribution in [3.63, 3.8) is 0 Å². The van der Waals surface area contributed by atoms with E-state index in [9.17, 15) is 18.0 Å². The van der Waals surface area contributed by atoms with Gasteiger partial charge in [0.05, 0.1) is 0 Å². The molecule has 1 heterocycles. The molecule has 0 bridgehead atoms. The predicted molar refractivity (Wildman–Crippen MR) is 81.7 cm³/mol. The number of hydrogen-bond acceptors (Lipinski definition) is 6. The van der Waals surface area contributed by atoms with Gasteiger partial charge in [0.15, 0.2) is 0 Å². The summed E-state index contributed by atoms with van der Waals surface area (Å²) in [5, 5.41) is 2.76. The van der Waals surface area contributed by atoms with E-state index in [1.54, 1.807) is 6.20 Å². The molecular weight excluding hydrogens is 324 g/mol. The fourth-order valence-corrected chi connectivity index (χ4v) is 2.15. The summed E-state index contributed by atoms with van der Waals surface area (Å²) in [5.41, 5.74) is 0.861. The molecule has 0 aliphatic heterocycles. The van der Waals surface area contributed by atoms with E-state index < -0.39 is 16.4 Å². The number of unbranched alkanes of at least 4 members (excludes halogenated alkanes) is 2. The van der Waals surface area contributed by atoms with Gasteiger partial charge in [-0.15, -0.1) is 0 Å². The maximum absolute atomic E-state index is 11.6. The highest BCUT2D eigenvalue weighted by atomic mass is 32.3. The summed E-state index contributed by atoms with van der Waals surface area (Å²) in [6.07, 6.45) is 4.22. The Kier molecular flexibility index (Phi) is 8.20. The zero-order chi connectivity index (χ0) is 17.1. The minimum absolute atomic E-state index is 0.0681. The summed E-state index contributed by atoms with van der Waals surface area (Å²) in [7, 11) is -4.72. The van der Waals surface area contributed by atoms with Gasteiger partial charge in [0.1, 0.15) is 0 Å². The second kappa shape index (κ2) is 9.90. The Morgan fingerprint density at radius 1 is 1.17 bits per heavy atom. The molecule has 9 heteroatoms. The van der Waals surface area contributed by atoms with Crippen LogP contribution in [0.15, 0.2) is 24.4 Å². The van der Waals surface area contributed by atoms with Gasteiger partial charge in [0, 0.05) is 31.3 Å². The number of nitrogens with one attached hydrogen (secondary N) is 1. The number of nitrogens with zero attached hydrogens (tertiary/aromatic N) is 1. The molecule has 0 saturated heterocycles. The van der Waals surface area contributed by atoms with Gasteiger partial charge < -0.3 is 9.50 Å². The lowest BCUT2D eigenvalue weighted by Gasteiger charge is -2.05. The summed E-state index contributed by atoms with van der Waals surface area (Å²) in [4.78, 5) is 26.7. The minimum Gasteiger partial charge on any atom is -0.356 e. The largest absolute Gasteiger partial charge is 0.448 e. The molecule has 0 unspecified atom stereocenters. The van der Waals surface area contributed by atoms with Gasteiger partial charge in [0.2, 0.25) is 5.91 Å². The molecule has 0 saturated carbocycles. The summed E-state index contributed by atoms with van der Waals surface area (Å²) >= 11 is 0. The number of aryl methyl sites for hydroxylation is 1. The third-order valence-corrected chi connectivity index (χ3v) is 3.31. The number of hydrogen-bond donors (Lipinski definition) is 2. The first-order valence-corrected chi connectivity index (χ1v) is 8.59. The second-order valence-electron chi connectivity index (χ2n) is 4.86. The van der Waals surface area contributed by atoms with Gasteiger partial charge in [-0.25, -0.2) is 0 Å². The van der Waals surface area contributed by atoms with Crippen molar-refractivity contribution in [2.45, 2.75) is 38.5 Å². The molecule has 0 spiro atoms. The third kappa shape index (κ3) is 10.4. The zero-order valence-electron chi connectivity index (χ0n) is 12.6. The van der Waals surface area contributed by atoms with Gasteiger partial charge in [-0.05, 0) is 31.4 Å². The topological polar surface area (TPSA) is 123 Å². The van der Waals surface area contributed by atoms with Crippen LogP contribution in [-0.2, 0) is 30.6 Å². The molecule has 1 rings (SSSR count). The van der Waals surface area contributed by atoms with Crippen molar-refractivity contribution in [1.82, 2.24) is 10.3 Å². The standard InChI is InChI=1S/C14H20N2O6S/c17-13(9-8-12-6-3-5-10-15-12)16-11-4-1-2-7-14(18)22-23(19,20)21/h3,5-6,10H,1-2,4,7-9,11H2,(H,16,17)(H,19,20,21). The highest BCUT2D eigenvalue weighted by Crippen LogP contribution is 2.03. The van der Waals surface area contributed by atoms with Crippen molar-refractivity contribution in [2.75, 3.05) is 6.54 Å². The number of carbonyl (C=O) groups is 2. The summed E-state index contributed by atoms with van der Waals surface area (Å²) in [5.74, 6) is -1.06. The lowest BCUT2D eigenvalue weighted by molar-refractivity contribution is -0.134. The summed E-state index contributed by atoms with van der Waals surface area (Å²) in [6.45, 7) is 0.481. The van der Waals surface area contributed by atoms with E-state index in [1.165, 1.54) is 0 Å². The fourth-order valence-electron chi connectivity index (χ4n) is 1.83. The van der Waals surface area contributed by atoms with Crippen molar-refractivity contribution in [1.29, 1.82) is 0 Å². The maximum Gasteiger partial charge on any atom is 0.448 e. The van der Waals surface area contributed by atoms with E-state index in [4.69, 9.17) is 4.55 Å². The summed E-state index contributed by atoms with van der Waals surface area (Å²) in [6, 6.07) is 5.54. The van der Waals surface area contributed by atoms with Crippen molar-refractivity contribution >= 4 is 22.3 Å². The summed E-state index contributed by atoms with van der Waals surface area (Å²) < 4.78 is 32.6. The molecule has 0 radical (unpaired) electrons. The first-order chi connectivity index (χ1) is 10.9. The SMILES string of the molecule is O=C(CCc1ccccn1)NCCCCCC(=O)OS(=O)(=O)O. The Morgan fingerprint density at radius 3 is 2.61 bits per heavy atom. The van der Waals surface area contributed by atoms with E-state index in [2.05, 4.69) is 14.5 Å². The van der Waals surface area contributed by atoms with Crippen LogP contribution >= 0.6 is 0 Å². The third-order valence-electron chi connectivity index (χ3n) is 2.91.